The van der Waals surface area contributed by atoms with Crippen LogP contribution in [0, 0.1) is 6.92 Å². The number of hydrogen-bond acceptors (Lipinski definition) is 5. The first-order valence-corrected chi connectivity index (χ1v) is 11.5. The van der Waals surface area contributed by atoms with Gasteiger partial charge in [-0.25, -0.2) is 4.98 Å². The van der Waals surface area contributed by atoms with Gasteiger partial charge in [0.05, 0.1) is 17.8 Å². The van der Waals surface area contributed by atoms with Gasteiger partial charge in [-0.2, -0.15) is 18.3 Å². The summed E-state index contributed by atoms with van der Waals surface area (Å²) in [6, 6.07) is 8.96. The monoisotopic (exact) mass is 475 g/mol. The van der Waals surface area contributed by atoms with E-state index in [-0.39, 0.29) is 17.8 Å². The first-order valence-electron chi connectivity index (χ1n) is 11.5. The Morgan fingerprint density at radius 3 is 2.29 bits per heavy atom. The molecule has 0 radical (unpaired) electrons. The molecule has 0 aliphatic carbocycles. The lowest BCUT2D eigenvalue weighted by atomic mass is 9.88. The SMILES string of the molecule is Cc1n[nH]c2nc(-c3ccc(O)cc3)cc(CN3CC(C)(C)N(CCC(F)(F)F)CC3(C)C)c12. The van der Waals surface area contributed by atoms with E-state index in [1.165, 1.54) is 0 Å². The second kappa shape index (κ2) is 8.53. The molecule has 3 aromatic rings. The number of nitrogens with zero attached hydrogens (tertiary/aromatic N) is 4. The van der Waals surface area contributed by atoms with Crippen LogP contribution < -0.4 is 0 Å². The molecule has 2 aromatic heterocycles. The molecule has 3 heterocycles. The third-order valence-electron chi connectivity index (χ3n) is 6.85. The molecule has 0 saturated carbocycles. The molecular weight excluding hydrogens is 443 g/mol. The van der Waals surface area contributed by atoms with E-state index < -0.39 is 18.1 Å². The first-order chi connectivity index (χ1) is 15.7. The Hall–Kier alpha value is -2.65. The van der Waals surface area contributed by atoms with Gasteiger partial charge in [0.25, 0.3) is 0 Å². The molecule has 0 amide bonds. The molecule has 6 nitrogen and oxygen atoms in total. The van der Waals surface area contributed by atoms with Gasteiger partial charge in [0.2, 0.25) is 0 Å². The van der Waals surface area contributed by atoms with Crippen LogP contribution >= 0.6 is 0 Å². The minimum absolute atomic E-state index is 0.000881. The number of phenolic OH excluding ortho intramolecular Hbond substituents is 1. The van der Waals surface area contributed by atoms with E-state index in [1.807, 2.05) is 37.8 Å². The number of benzene rings is 1. The summed E-state index contributed by atoms with van der Waals surface area (Å²) >= 11 is 0. The van der Waals surface area contributed by atoms with Crippen LogP contribution in [0.2, 0.25) is 0 Å². The van der Waals surface area contributed by atoms with E-state index in [0.717, 1.165) is 27.9 Å². The Balaban J connectivity index is 1.66. The van der Waals surface area contributed by atoms with Crippen LogP contribution in [0.3, 0.4) is 0 Å². The maximum atomic E-state index is 12.9. The number of nitrogens with one attached hydrogen (secondary N) is 1. The minimum atomic E-state index is -4.16. The summed E-state index contributed by atoms with van der Waals surface area (Å²) < 4.78 is 38.7. The molecule has 0 spiro atoms. The highest BCUT2D eigenvalue weighted by molar-refractivity contribution is 5.84. The zero-order valence-corrected chi connectivity index (χ0v) is 20.3. The van der Waals surface area contributed by atoms with Gasteiger partial charge in [-0.15, -0.1) is 0 Å². The van der Waals surface area contributed by atoms with Crippen molar-refractivity contribution in [2.24, 2.45) is 0 Å². The second-order valence-corrected chi connectivity index (χ2v) is 10.5. The summed E-state index contributed by atoms with van der Waals surface area (Å²) in [6.45, 7) is 11.9. The second-order valence-electron chi connectivity index (χ2n) is 10.5. The third kappa shape index (κ3) is 5.05. The van der Waals surface area contributed by atoms with Gasteiger partial charge in [0, 0.05) is 48.2 Å². The van der Waals surface area contributed by atoms with Crippen molar-refractivity contribution < 1.29 is 18.3 Å². The van der Waals surface area contributed by atoms with E-state index in [2.05, 4.69) is 35.0 Å². The molecule has 1 saturated heterocycles. The summed E-state index contributed by atoms with van der Waals surface area (Å²) in [5.41, 5.74) is 3.53. The Morgan fingerprint density at radius 1 is 1.03 bits per heavy atom. The van der Waals surface area contributed by atoms with Crippen LogP contribution in [-0.4, -0.2) is 67.0 Å². The van der Waals surface area contributed by atoms with Gasteiger partial charge in [-0.3, -0.25) is 14.9 Å². The Morgan fingerprint density at radius 2 is 1.65 bits per heavy atom. The Kier molecular flexibility index (Phi) is 6.14. The van der Waals surface area contributed by atoms with Crippen molar-refractivity contribution in [2.75, 3.05) is 19.6 Å². The molecule has 0 unspecified atom stereocenters. The van der Waals surface area contributed by atoms with Gasteiger partial charge in [-0.1, -0.05) is 0 Å². The Labute approximate surface area is 197 Å². The van der Waals surface area contributed by atoms with Gasteiger partial charge in [-0.05, 0) is 70.5 Å². The lowest BCUT2D eigenvalue weighted by Gasteiger charge is -2.55. The molecule has 1 aromatic carbocycles. The molecule has 184 valence electrons. The number of rotatable bonds is 5. The van der Waals surface area contributed by atoms with Crippen molar-refractivity contribution in [3.8, 4) is 17.0 Å². The zero-order chi connectivity index (χ0) is 24.9. The molecule has 1 aliphatic rings. The number of phenols is 1. The van der Waals surface area contributed by atoms with Crippen molar-refractivity contribution in [1.82, 2.24) is 25.0 Å². The van der Waals surface area contributed by atoms with Gasteiger partial charge >= 0.3 is 6.18 Å². The van der Waals surface area contributed by atoms with E-state index in [4.69, 9.17) is 4.98 Å². The van der Waals surface area contributed by atoms with E-state index in [9.17, 15) is 18.3 Å². The normalized spacial score (nSPS) is 19.1. The zero-order valence-electron chi connectivity index (χ0n) is 20.3. The number of aryl methyl sites for hydroxylation is 1. The van der Waals surface area contributed by atoms with Crippen LogP contribution in [0.25, 0.3) is 22.3 Å². The fourth-order valence-corrected chi connectivity index (χ4v) is 4.86. The van der Waals surface area contributed by atoms with Gasteiger partial charge in [0.15, 0.2) is 5.65 Å². The predicted molar refractivity (Wildman–Crippen MR) is 127 cm³/mol. The largest absolute Gasteiger partial charge is 0.508 e. The van der Waals surface area contributed by atoms with Crippen molar-refractivity contribution in [2.45, 2.75) is 64.8 Å². The number of alkyl halides is 3. The molecule has 4 rings (SSSR count). The predicted octanol–water partition coefficient (Wildman–Crippen LogP) is 5.27. The highest BCUT2D eigenvalue weighted by Gasteiger charge is 2.44. The summed E-state index contributed by atoms with van der Waals surface area (Å²) in [5.74, 6) is 0.190. The molecule has 0 bridgehead atoms. The van der Waals surface area contributed by atoms with Crippen LogP contribution in [0.1, 0.15) is 45.4 Å². The van der Waals surface area contributed by atoms with E-state index in [0.29, 0.717) is 25.3 Å². The molecule has 9 heteroatoms. The first kappa shape index (κ1) is 24.5. The third-order valence-corrected chi connectivity index (χ3v) is 6.85. The van der Waals surface area contributed by atoms with Crippen molar-refractivity contribution in [3.63, 3.8) is 0 Å². The maximum absolute atomic E-state index is 12.9. The van der Waals surface area contributed by atoms with E-state index >= 15 is 0 Å². The number of hydrogen-bond donors (Lipinski definition) is 2. The molecule has 2 N–H and O–H groups in total. The van der Waals surface area contributed by atoms with Crippen molar-refractivity contribution >= 4 is 11.0 Å². The molecule has 1 aliphatic heterocycles. The van der Waals surface area contributed by atoms with E-state index in [1.54, 1.807) is 12.1 Å². The topological polar surface area (TPSA) is 68.3 Å². The number of H-pyrrole nitrogens is 1. The van der Waals surface area contributed by atoms with Crippen LogP contribution in [-0.2, 0) is 6.54 Å². The number of halogens is 3. The summed E-state index contributed by atoms with van der Waals surface area (Å²) in [4.78, 5) is 9.05. The fraction of sp³-hybridized carbons (Fsp3) is 0.520. The van der Waals surface area contributed by atoms with Crippen molar-refractivity contribution in [1.29, 1.82) is 0 Å². The number of fused-ring (bicyclic) bond motifs is 1. The number of aromatic nitrogens is 3. The average molecular weight is 476 g/mol. The highest BCUT2D eigenvalue weighted by atomic mass is 19.4. The standard InChI is InChI=1S/C25H32F3N5O/c1-16-21-18(12-20(29-22(21)31-30-16)17-6-8-19(34)9-7-17)13-33-15-23(2,3)32(14-24(33,4)5)11-10-25(26,27)28/h6-9,12,34H,10-11,13-15H2,1-5H3,(H,29,30,31). The lowest BCUT2D eigenvalue weighted by molar-refractivity contribution is -0.148. The number of pyridine rings is 1. The molecule has 1 fully saturated rings. The van der Waals surface area contributed by atoms with Crippen LogP contribution in [0.4, 0.5) is 13.2 Å². The molecule has 34 heavy (non-hydrogen) atoms. The quantitative estimate of drug-likeness (QED) is 0.527. The fourth-order valence-electron chi connectivity index (χ4n) is 4.86. The lowest BCUT2D eigenvalue weighted by Crippen LogP contribution is -2.67. The summed E-state index contributed by atoms with van der Waals surface area (Å²) in [7, 11) is 0. The number of aromatic hydroxyl groups is 1. The Bertz CT molecular complexity index is 1170. The van der Waals surface area contributed by atoms with Gasteiger partial charge < -0.3 is 5.11 Å². The van der Waals surface area contributed by atoms with Crippen LogP contribution in [0.5, 0.6) is 5.75 Å². The molecule has 0 atom stereocenters. The minimum Gasteiger partial charge on any atom is -0.508 e. The number of piperazine rings is 1. The average Bonchev–Trinajstić information content (AvgIpc) is 3.10. The molecular formula is C25H32F3N5O. The van der Waals surface area contributed by atoms with Gasteiger partial charge in [0.1, 0.15) is 5.75 Å². The van der Waals surface area contributed by atoms with Crippen LogP contribution in [0.15, 0.2) is 30.3 Å². The number of aromatic amines is 1. The highest BCUT2D eigenvalue weighted by Crippen LogP contribution is 2.35. The maximum Gasteiger partial charge on any atom is 0.390 e. The smallest absolute Gasteiger partial charge is 0.390 e. The summed E-state index contributed by atoms with van der Waals surface area (Å²) in [6.07, 6.45) is -4.97. The van der Waals surface area contributed by atoms with Crippen molar-refractivity contribution in [3.05, 3.63) is 41.6 Å². The summed E-state index contributed by atoms with van der Waals surface area (Å²) in [5, 5.41) is 18.0.